The molecule has 1 fully saturated rings. The second-order valence-corrected chi connectivity index (χ2v) is 8.47. The SMILES string of the molecule is CC(C(=O)NCc1ccccc1)C1CCN(C(=O)c2cc3cc(Cl)ccc3[nH]2)CC1. The molecule has 4 rings (SSSR count). The molecule has 6 heteroatoms. The van der Waals surface area contributed by atoms with E-state index in [1.807, 2.05) is 66.4 Å². The number of piperidine rings is 1. The molecule has 0 spiro atoms. The van der Waals surface area contributed by atoms with Gasteiger partial charge in [-0.3, -0.25) is 9.59 Å². The lowest BCUT2D eigenvalue weighted by molar-refractivity contribution is -0.126. The van der Waals surface area contributed by atoms with Gasteiger partial charge in [0.15, 0.2) is 0 Å². The van der Waals surface area contributed by atoms with Crippen LogP contribution < -0.4 is 5.32 Å². The van der Waals surface area contributed by atoms with Gasteiger partial charge in [-0.2, -0.15) is 0 Å². The molecule has 0 aliphatic carbocycles. The maximum atomic E-state index is 12.9. The summed E-state index contributed by atoms with van der Waals surface area (Å²) in [6.45, 7) is 3.86. The lowest BCUT2D eigenvalue weighted by atomic mass is 9.84. The molecule has 2 aromatic carbocycles. The van der Waals surface area contributed by atoms with Gasteiger partial charge in [-0.15, -0.1) is 0 Å². The highest BCUT2D eigenvalue weighted by atomic mass is 35.5. The van der Waals surface area contributed by atoms with Crippen molar-refractivity contribution < 1.29 is 9.59 Å². The number of likely N-dealkylation sites (tertiary alicyclic amines) is 1. The molecule has 0 bridgehead atoms. The first-order valence-electron chi connectivity index (χ1n) is 10.4. The fourth-order valence-electron chi connectivity index (χ4n) is 4.15. The lowest BCUT2D eigenvalue weighted by Crippen LogP contribution is -2.42. The van der Waals surface area contributed by atoms with Gasteiger partial charge in [0.05, 0.1) is 0 Å². The highest BCUT2D eigenvalue weighted by molar-refractivity contribution is 6.31. The Labute approximate surface area is 181 Å². The molecule has 5 nitrogen and oxygen atoms in total. The molecule has 1 aliphatic heterocycles. The number of benzene rings is 2. The summed E-state index contributed by atoms with van der Waals surface area (Å²) in [5.74, 6) is 0.297. The number of carbonyl (C=O) groups is 2. The summed E-state index contributed by atoms with van der Waals surface area (Å²) in [5.41, 5.74) is 2.58. The smallest absolute Gasteiger partial charge is 0.270 e. The average molecular weight is 424 g/mol. The third-order valence-corrected chi connectivity index (χ3v) is 6.31. The minimum atomic E-state index is -0.0683. The molecule has 1 aromatic heterocycles. The standard InChI is InChI=1S/C24H26ClN3O2/c1-16(23(29)26-15-17-5-3-2-4-6-17)18-9-11-28(12-10-18)24(30)22-14-19-13-20(25)7-8-21(19)27-22/h2-8,13-14,16,18,27H,9-12,15H2,1H3,(H,26,29). The Hall–Kier alpha value is -2.79. The van der Waals surface area contributed by atoms with Crippen LogP contribution in [0.5, 0.6) is 0 Å². The van der Waals surface area contributed by atoms with E-state index in [1.54, 1.807) is 0 Å². The topological polar surface area (TPSA) is 65.2 Å². The van der Waals surface area contributed by atoms with Crippen molar-refractivity contribution in [3.8, 4) is 0 Å². The van der Waals surface area contributed by atoms with Crippen LogP contribution in [-0.4, -0.2) is 34.8 Å². The molecule has 1 saturated heterocycles. The van der Waals surface area contributed by atoms with Gasteiger partial charge in [-0.05, 0) is 48.6 Å². The van der Waals surface area contributed by atoms with Gasteiger partial charge in [0, 0.05) is 41.5 Å². The van der Waals surface area contributed by atoms with Crippen molar-refractivity contribution in [1.82, 2.24) is 15.2 Å². The van der Waals surface area contributed by atoms with Crippen LogP contribution in [0, 0.1) is 11.8 Å². The molecule has 1 aliphatic rings. The number of carbonyl (C=O) groups excluding carboxylic acids is 2. The number of hydrogen-bond donors (Lipinski definition) is 2. The number of aromatic nitrogens is 1. The van der Waals surface area contributed by atoms with Gasteiger partial charge in [0.25, 0.3) is 5.91 Å². The second kappa shape index (κ2) is 8.92. The van der Waals surface area contributed by atoms with Crippen LogP contribution in [0.15, 0.2) is 54.6 Å². The number of hydrogen-bond acceptors (Lipinski definition) is 2. The van der Waals surface area contributed by atoms with Gasteiger partial charge in [0.2, 0.25) is 5.91 Å². The van der Waals surface area contributed by atoms with Crippen molar-refractivity contribution in [2.75, 3.05) is 13.1 Å². The molecule has 0 saturated carbocycles. The number of halogens is 1. The van der Waals surface area contributed by atoms with E-state index in [1.165, 1.54) is 0 Å². The highest BCUT2D eigenvalue weighted by Crippen LogP contribution is 2.27. The van der Waals surface area contributed by atoms with Gasteiger partial charge < -0.3 is 15.2 Å². The third-order valence-electron chi connectivity index (χ3n) is 6.07. The Morgan fingerprint density at radius 2 is 1.87 bits per heavy atom. The summed E-state index contributed by atoms with van der Waals surface area (Å²) in [6.07, 6.45) is 1.66. The summed E-state index contributed by atoms with van der Waals surface area (Å²) in [5, 5.41) is 4.63. The monoisotopic (exact) mass is 423 g/mol. The van der Waals surface area contributed by atoms with Gasteiger partial charge in [-0.25, -0.2) is 0 Å². The minimum absolute atomic E-state index is 0.00181. The minimum Gasteiger partial charge on any atom is -0.352 e. The van der Waals surface area contributed by atoms with E-state index in [-0.39, 0.29) is 23.7 Å². The van der Waals surface area contributed by atoms with E-state index in [9.17, 15) is 9.59 Å². The fourth-order valence-corrected chi connectivity index (χ4v) is 4.33. The van der Waals surface area contributed by atoms with Crippen LogP contribution >= 0.6 is 11.6 Å². The van der Waals surface area contributed by atoms with Crippen molar-refractivity contribution >= 4 is 34.3 Å². The number of rotatable bonds is 5. The van der Waals surface area contributed by atoms with Crippen molar-refractivity contribution in [1.29, 1.82) is 0 Å². The first-order valence-corrected chi connectivity index (χ1v) is 10.8. The normalized spacial score (nSPS) is 15.9. The zero-order chi connectivity index (χ0) is 21.1. The Bertz CT molecular complexity index is 1040. The molecule has 30 heavy (non-hydrogen) atoms. The molecule has 1 unspecified atom stereocenters. The van der Waals surface area contributed by atoms with E-state index in [4.69, 9.17) is 11.6 Å². The average Bonchev–Trinajstić information content (AvgIpc) is 3.20. The van der Waals surface area contributed by atoms with Crippen LogP contribution in [0.4, 0.5) is 0 Å². The Morgan fingerprint density at radius 1 is 1.13 bits per heavy atom. The van der Waals surface area contributed by atoms with Crippen LogP contribution in [-0.2, 0) is 11.3 Å². The number of nitrogens with zero attached hydrogens (tertiary/aromatic N) is 1. The Balaban J connectivity index is 1.31. The summed E-state index contributed by atoms with van der Waals surface area (Å²) in [4.78, 5) is 30.5. The Kier molecular flexibility index (Phi) is 6.09. The first kappa shape index (κ1) is 20.5. The molecule has 2 N–H and O–H groups in total. The van der Waals surface area contributed by atoms with E-state index >= 15 is 0 Å². The van der Waals surface area contributed by atoms with Gasteiger partial charge >= 0.3 is 0 Å². The summed E-state index contributed by atoms with van der Waals surface area (Å²) in [6, 6.07) is 17.3. The van der Waals surface area contributed by atoms with Crippen LogP contribution in [0.25, 0.3) is 10.9 Å². The first-order chi connectivity index (χ1) is 14.5. The van der Waals surface area contributed by atoms with Gasteiger partial charge in [-0.1, -0.05) is 48.9 Å². The van der Waals surface area contributed by atoms with E-state index in [0.29, 0.717) is 30.4 Å². The molecule has 3 aromatic rings. The number of aromatic amines is 1. The molecule has 2 heterocycles. The zero-order valence-corrected chi connectivity index (χ0v) is 17.8. The molecular formula is C24H26ClN3O2. The number of amides is 2. The second-order valence-electron chi connectivity index (χ2n) is 8.04. The van der Waals surface area contributed by atoms with E-state index in [0.717, 1.165) is 29.3 Å². The van der Waals surface area contributed by atoms with Crippen molar-refractivity contribution in [3.05, 3.63) is 70.9 Å². The van der Waals surface area contributed by atoms with Gasteiger partial charge in [0.1, 0.15) is 5.69 Å². The van der Waals surface area contributed by atoms with Crippen LogP contribution in [0.3, 0.4) is 0 Å². The lowest BCUT2D eigenvalue weighted by Gasteiger charge is -2.34. The summed E-state index contributed by atoms with van der Waals surface area (Å²) in [7, 11) is 0. The van der Waals surface area contributed by atoms with Crippen molar-refractivity contribution in [3.63, 3.8) is 0 Å². The molecule has 0 radical (unpaired) electrons. The summed E-state index contributed by atoms with van der Waals surface area (Å²) < 4.78 is 0. The Morgan fingerprint density at radius 3 is 2.60 bits per heavy atom. The molecular weight excluding hydrogens is 398 g/mol. The maximum Gasteiger partial charge on any atom is 0.270 e. The highest BCUT2D eigenvalue weighted by Gasteiger charge is 2.30. The van der Waals surface area contributed by atoms with Crippen molar-refractivity contribution in [2.45, 2.75) is 26.3 Å². The van der Waals surface area contributed by atoms with E-state index in [2.05, 4.69) is 10.3 Å². The third kappa shape index (κ3) is 4.51. The van der Waals surface area contributed by atoms with Crippen LogP contribution in [0.2, 0.25) is 5.02 Å². The number of nitrogens with one attached hydrogen (secondary N) is 2. The molecule has 1 atom stereocenters. The zero-order valence-electron chi connectivity index (χ0n) is 17.0. The van der Waals surface area contributed by atoms with E-state index < -0.39 is 0 Å². The maximum absolute atomic E-state index is 12.9. The molecule has 156 valence electrons. The summed E-state index contributed by atoms with van der Waals surface area (Å²) >= 11 is 6.04. The molecule has 2 amide bonds. The fraction of sp³-hybridized carbons (Fsp3) is 0.333. The predicted molar refractivity (Wildman–Crippen MR) is 119 cm³/mol. The van der Waals surface area contributed by atoms with Crippen molar-refractivity contribution in [2.24, 2.45) is 11.8 Å². The predicted octanol–water partition coefficient (Wildman–Crippen LogP) is 4.63. The number of H-pyrrole nitrogens is 1. The quantitative estimate of drug-likeness (QED) is 0.628. The number of fused-ring (bicyclic) bond motifs is 1. The van der Waals surface area contributed by atoms with Crippen LogP contribution in [0.1, 0.15) is 35.8 Å². The largest absolute Gasteiger partial charge is 0.352 e.